The molecular formula is C19H28N6O. The summed E-state index contributed by atoms with van der Waals surface area (Å²) in [5.41, 5.74) is 3.14. The van der Waals surface area contributed by atoms with Crippen molar-refractivity contribution in [3.63, 3.8) is 0 Å². The number of aryl methyl sites for hydroxylation is 1. The van der Waals surface area contributed by atoms with Gasteiger partial charge >= 0.3 is 0 Å². The van der Waals surface area contributed by atoms with Crippen LogP contribution in [0, 0.1) is 13.8 Å². The Kier molecular flexibility index (Phi) is 6.00. The minimum atomic E-state index is 0.178. The summed E-state index contributed by atoms with van der Waals surface area (Å²) in [5, 5.41) is 3.54. The number of pyridine rings is 1. The van der Waals surface area contributed by atoms with E-state index in [1.165, 1.54) is 0 Å². The zero-order chi connectivity index (χ0) is 18.5. The van der Waals surface area contributed by atoms with Crippen molar-refractivity contribution in [2.24, 2.45) is 0 Å². The Bertz CT molecular complexity index is 715. The van der Waals surface area contributed by atoms with Crippen LogP contribution >= 0.6 is 0 Å². The van der Waals surface area contributed by atoms with Gasteiger partial charge in [0.1, 0.15) is 5.82 Å². The third-order valence-electron chi connectivity index (χ3n) is 4.76. The highest BCUT2D eigenvalue weighted by Gasteiger charge is 2.24. The molecule has 1 saturated heterocycles. The molecule has 3 heterocycles. The number of ether oxygens (including phenoxy) is 1. The topological polar surface area (TPSA) is 66.4 Å². The van der Waals surface area contributed by atoms with E-state index in [9.17, 15) is 0 Å². The van der Waals surface area contributed by atoms with Crippen molar-refractivity contribution in [2.45, 2.75) is 19.9 Å². The molecule has 0 unspecified atom stereocenters. The summed E-state index contributed by atoms with van der Waals surface area (Å²) in [6.07, 6.45) is 1.85. The molecule has 7 heteroatoms. The monoisotopic (exact) mass is 356 g/mol. The zero-order valence-electron chi connectivity index (χ0n) is 16.1. The summed E-state index contributed by atoms with van der Waals surface area (Å²) in [6, 6.07) is 6.26. The van der Waals surface area contributed by atoms with Crippen molar-refractivity contribution in [3.05, 3.63) is 41.3 Å². The summed E-state index contributed by atoms with van der Waals surface area (Å²) >= 11 is 0. The Morgan fingerprint density at radius 1 is 1.19 bits per heavy atom. The lowest BCUT2D eigenvalue weighted by molar-refractivity contribution is 0.0179. The van der Waals surface area contributed by atoms with E-state index in [4.69, 9.17) is 4.74 Å². The SMILES string of the molecule is Cc1nc(N(C)C)nc(NC[C@@H](c2ccccn2)N2CCOCC2)c1C. The van der Waals surface area contributed by atoms with Crippen molar-refractivity contribution in [1.82, 2.24) is 19.9 Å². The van der Waals surface area contributed by atoms with Crippen LogP contribution in [0.2, 0.25) is 0 Å². The Morgan fingerprint density at radius 2 is 1.96 bits per heavy atom. The quantitative estimate of drug-likeness (QED) is 0.849. The Hall–Kier alpha value is -2.25. The van der Waals surface area contributed by atoms with Gasteiger partial charge in [-0.15, -0.1) is 0 Å². The number of aromatic nitrogens is 3. The van der Waals surface area contributed by atoms with Gasteiger partial charge in [-0.1, -0.05) is 6.07 Å². The molecule has 0 bridgehead atoms. The summed E-state index contributed by atoms with van der Waals surface area (Å²) in [7, 11) is 3.91. The lowest BCUT2D eigenvalue weighted by Crippen LogP contribution is -2.42. The molecule has 3 rings (SSSR count). The molecule has 1 fully saturated rings. The maximum Gasteiger partial charge on any atom is 0.227 e. The van der Waals surface area contributed by atoms with E-state index in [0.29, 0.717) is 0 Å². The fraction of sp³-hybridized carbons (Fsp3) is 0.526. The highest BCUT2D eigenvalue weighted by Crippen LogP contribution is 2.23. The first-order valence-electron chi connectivity index (χ1n) is 9.05. The highest BCUT2D eigenvalue weighted by atomic mass is 16.5. The molecule has 1 aliphatic rings. The van der Waals surface area contributed by atoms with E-state index in [1.54, 1.807) is 0 Å². The second-order valence-corrected chi connectivity index (χ2v) is 6.78. The zero-order valence-corrected chi connectivity index (χ0v) is 16.1. The van der Waals surface area contributed by atoms with Crippen molar-refractivity contribution < 1.29 is 4.74 Å². The van der Waals surface area contributed by atoms with Crippen LogP contribution in [0.15, 0.2) is 24.4 Å². The van der Waals surface area contributed by atoms with Crippen LogP contribution in [0.5, 0.6) is 0 Å². The van der Waals surface area contributed by atoms with E-state index in [1.807, 2.05) is 44.2 Å². The molecule has 0 aliphatic carbocycles. The number of hydrogen-bond acceptors (Lipinski definition) is 7. The van der Waals surface area contributed by atoms with Crippen LogP contribution in [-0.4, -0.2) is 66.8 Å². The fourth-order valence-electron chi connectivity index (χ4n) is 3.06. The Morgan fingerprint density at radius 3 is 2.62 bits per heavy atom. The van der Waals surface area contributed by atoms with Crippen molar-refractivity contribution in [1.29, 1.82) is 0 Å². The van der Waals surface area contributed by atoms with Gasteiger partial charge in [-0.05, 0) is 26.0 Å². The van der Waals surface area contributed by atoms with Crippen molar-refractivity contribution in [3.8, 4) is 0 Å². The maximum absolute atomic E-state index is 5.52. The van der Waals surface area contributed by atoms with Gasteiger partial charge in [-0.3, -0.25) is 9.88 Å². The molecule has 0 radical (unpaired) electrons. The number of anilines is 2. The molecule has 1 N–H and O–H groups in total. The van der Waals surface area contributed by atoms with Crippen LogP contribution in [0.1, 0.15) is 23.0 Å². The number of hydrogen-bond donors (Lipinski definition) is 1. The molecule has 0 spiro atoms. The molecule has 1 aliphatic heterocycles. The third-order valence-corrected chi connectivity index (χ3v) is 4.76. The standard InChI is InChI=1S/C19H28N6O/c1-14-15(2)22-19(24(3)4)23-18(14)21-13-17(16-7-5-6-8-20-16)25-9-11-26-12-10-25/h5-8,17H,9-13H2,1-4H3,(H,21,22,23)/t17-/m0/s1. The first-order valence-corrected chi connectivity index (χ1v) is 9.05. The first kappa shape index (κ1) is 18.5. The average Bonchev–Trinajstić information content (AvgIpc) is 2.66. The van der Waals surface area contributed by atoms with Gasteiger partial charge in [0.05, 0.1) is 24.9 Å². The largest absolute Gasteiger partial charge is 0.379 e. The smallest absolute Gasteiger partial charge is 0.227 e. The minimum Gasteiger partial charge on any atom is -0.379 e. The molecular weight excluding hydrogens is 328 g/mol. The van der Waals surface area contributed by atoms with Gasteiger partial charge in [0.15, 0.2) is 0 Å². The van der Waals surface area contributed by atoms with Crippen LogP contribution in [0.25, 0.3) is 0 Å². The van der Waals surface area contributed by atoms with Gasteiger partial charge < -0.3 is 15.0 Å². The molecule has 0 saturated carbocycles. The second kappa shape index (κ2) is 8.42. The first-order chi connectivity index (χ1) is 12.6. The van der Waals surface area contributed by atoms with E-state index in [-0.39, 0.29) is 6.04 Å². The van der Waals surface area contributed by atoms with Crippen LogP contribution in [0.3, 0.4) is 0 Å². The summed E-state index contributed by atoms with van der Waals surface area (Å²) < 4.78 is 5.52. The summed E-state index contributed by atoms with van der Waals surface area (Å²) in [5.74, 6) is 1.60. The molecule has 2 aromatic heterocycles. The minimum absolute atomic E-state index is 0.178. The lowest BCUT2D eigenvalue weighted by Gasteiger charge is -2.34. The van der Waals surface area contributed by atoms with Gasteiger partial charge in [0.2, 0.25) is 5.95 Å². The maximum atomic E-state index is 5.52. The number of nitrogens with zero attached hydrogens (tertiary/aromatic N) is 5. The van der Waals surface area contributed by atoms with Crippen LogP contribution in [-0.2, 0) is 4.74 Å². The van der Waals surface area contributed by atoms with Gasteiger partial charge in [-0.2, -0.15) is 4.98 Å². The van der Waals surface area contributed by atoms with E-state index >= 15 is 0 Å². The highest BCUT2D eigenvalue weighted by molar-refractivity contribution is 5.50. The molecule has 26 heavy (non-hydrogen) atoms. The van der Waals surface area contributed by atoms with E-state index in [0.717, 1.165) is 61.6 Å². The van der Waals surface area contributed by atoms with Crippen molar-refractivity contribution in [2.75, 3.05) is 57.2 Å². The predicted molar refractivity (Wildman–Crippen MR) is 104 cm³/mol. The fourth-order valence-corrected chi connectivity index (χ4v) is 3.06. The lowest BCUT2D eigenvalue weighted by atomic mass is 10.1. The summed E-state index contributed by atoms with van der Waals surface area (Å²) in [4.78, 5) is 18.2. The number of morpholine rings is 1. The predicted octanol–water partition coefficient (Wildman–Crippen LogP) is 2.04. The number of nitrogens with one attached hydrogen (secondary N) is 1. The second-order valence-electron chi connectivity index (χ2n) is 6.78. The van der Waals surface area contributed by atoms with Gasteiger partial charge in [0, 0.05) is 51.2 Å². The van der Waals surface area contributed by atoms with Crippen LogP contribution < -0.4 is 10.2 Å². The molecule has 7 nitrogen and oxygen atoms in total. The normalized spacial score (nSPS) is 16.3. The van der Waals surface area contributed by atoms with Crippen LogP contribution in [0.4, 0.5) is 11.8 Å². The molecule has 0 amide bonds. The van der Waals surface area contributed by atoms with E-state index in [2.05, 4.69) is 38.2 Å². The Labute approximate surface area is 155 Å². The van der Waals surface area contributed by atoms with Crippen molar-refractivity contribution >= 4 is 11.8 Å². The third kappa shape index (κ3) is 4.28. The molecule has 2 aromatic rings. The summed E-state index contributed by atoms with van der Waals surface area (Å²) in [6.45, 7) is 8.16. The van der Waals surface area contributed by atoms with Gasteiger partial charge in [0.25, 0.3) is 0 Å². The molecule has 140 valence electrons. The number of rotatable bonds is 6. The average molecular weight is 356 g/mol. The van der Waals surface area contributed by atoms with Gasteiger partial charge in [-0.25, -0.2) is 4.98 Å². The molecule has 0 aromatic carbocycles. The molecule has 1 atom stereocenters. The van der Waals surface area contributed by atoms with E-state index < -0.39 is 0 Å². The Balaban J connectivity index is 1.82.